The maximum atomic E-state index is 10.8. The second-order valence-electron chi connectivity index (χ2n) is 2.37. The molecule has 0 aromatic carbocycles. The Morgan fingerprint density at radius 2 is 2.31 bits per heavy atom. The van der Waals surface area contributed by atoms with Crippen LogP contribution in [0.5, 0.6) is 5.75 Å². The van der Waals surface area contributed by atoms with Gasteiger partial charge >= 0.3 is 0 Å². The SMILES string of the molecule is COc1cnccc1CS(=O)(=O)Cl. The van der Waals surface area contributed by atoms with Crippen LogP contribution in [0.1, 0.15) is 5.56 Å². The van der Waals surface area contributed by atoms with Crippen LogP contribution < -0.4 is 4.74 Å². The van der Waals surface area contributed by atoms with Gasteiger partial charge in [-0.15, -0.1) is 0 Å². The molecule has 1 aromatic rings. The van der Waals surface area contributed by atoms with E-state index in [1.165, 1.54) is 19.5 Å². The van der Waals surface area contributed by atoms with Crippen molar-refractivity contribution in [1.29, 1.82) is 0 Å². The molecule has 0 radical (unpaired) electrons. The summed E-state index contributed by atoms with van der Waals surface area (Å²) in [5.74, 6) is 0.173. The van der Waals surface area contributed by atoms with Crippen molar-refractivity contribution < 1.29 is 13.2 Å². The first-order chi connectivity index (χ1) is 6.03. The van der Waals surface area contributed by atoms with Gasteiger partial charge in [0.15, 0.2) is 0 Å². The van der Waals surface area contributed by atoms with Crippen LogP contribution in [0.2, 0.25) is 0 Å². The topological polar surface area (TPSA) is 56.3 Å². The Balaban J connectivity index is 3.01. The van der Waals surface area contributed by atoms with E-state index in [2.05, 4.69) is 4.98 Å². The Bertz CT molecular complexity index is 390. The molecule has 0 saturated heterocycles. The maximum Gasteiger partial charge on any atom is 0.236 e. The van der Waals surface area contributed by atoms with Crippen LogP contribution in [0.3, 0.4) is 0 Å². The minimum atomic E-state index is -3.55. The molecule has 0 atom stereocenters. The number of aromatic nitrogens is 1. The third kappa shape index (κ3) is 3.20. The van der Waals surface area contributed by atoms with Crippen molar-refractivity contribution in [1.82, 2.24) is 4.98 Å². The molecule has 0 N–H and O–H groups in total. The van der Waals surface area contributed by atoms with Gasteiger partial charge in [-0.2, -0.15) is 0 Å². The first-order valence-electron chi connectivity index (χ1n) is 3.42. The maximum absolute atomic E-state index is 10.8. The van der Waals surface area contributed by atoms with E-state index in [4.69, 9.17) is 15.4 Å². The number of ether oxygens (including phenoxy) is 1. The lowest BCUT2D eigenvalue weighted by Gasteiger charge is -2.04. The Morgan fingerprint density at radius 1 is 1.62 bits per heavy atom. The third-order valence-corrected chi connectivity index (χ3v) is 2.40. The summed E-state index contributed by atoms with van der Waals surface area (Å²) in [4.78, 5) is 3.78. The highest BCUT2D eigenvalue weighted by molar-refractivity contribution is 8.13. The predicted molar refractivity (Wildman–Crippen MR) is 49.3 cm³/mol. The number of hydrogen-bond donors (Lipinski definition) is 0. The van der Waals surface area contributed by atoms with Gasteiger partial charge in [0.2, 0.25) is 9.05 Å². The van der Waals surface area contributed by atoms with E-state index < -0.39 is 9.05 Å². The first-order valence-corrected chi connectivity index (χ1v) is 5.90. The smallest absolute Gasteiger partial charge is 0.236 e. The van der Waals surface area contributed by atoms with E-state index in [0.29, 0.717) is 11.3 Å². The molecule has 0 fully saturated rings. The summed E-state index contributed by atoms with van der Waals surface area (Å²) in [6, 6.07) is 1.55. The fourth-order valence-electron chi connectivity index (χ4n) is 0.898. The summed E-state index contributed by atoms with van der Waals surface area (Å²) in [5.41, 5.74) is 0.507. The summed E-state index contributed by atoms with van der Waals surface area (Å²) >= 11 is 0. The number of methoxy groups -OCH3 is 1. The van der Waals surface area contributed by atoms with Crippen LogP contribution in [0, 0.1) is 0 Å². The van der Waals surface area contributed by atoms with Gasteiger partial charge in [-0.1, -0.05) is 0 Å². The minimum Gasteiger partial charge on any atom is -0.495 e. The largest absolute Gasteiger partial charge is 0.495 e. The van der Waals surface area contributed by atoms with Crippen LogP contribution in [0.25, 0.3) is 0 Å². The zero-order chi connectivity index (χ0) is 9.90. The van der Waals surface area contributed by atoms with Crippen molar-refractivity contribution in [2.45, 2.75) is 5.75 Å². The summed E-state index contributed by atoms with van der Waals surface area (Å²) in [6.45, 7) is 0. The molecule has 0 saturated carbocycles. The van der Waals surface area contributed by atoms with Gasteiger partial charge in [-0.3, -0.25) is 4.98 Å². The zero-order valence-corrected chi connectivity index (χ0v) is 8.47. The molecule has 1 heterocycles. The first kappa shape index (κ1) is 10.3. The number of nitrogens with zero attached hydrogens (tertiary/aromatic N) is 1. The highest BCUT2D eigenvalue weighted by atomic mass is 35.7. The van der Waals surface area contributed by atoms with Gasteiger partial charge in [0.05, 0.1) is 19.1 Å². The van der Waals surface area contributed by atoms with Crippen molar-refractivity contribution in [3.63, 3.8) is 0 Å². The Kier molecular flexibility index (Phi) is 3.11. The lowest BCUT2D eigenvalue weighted by molar-refractivity contribution is 0.409. The molecule has 0 aliphatic carbocycles. The van der Waals surface area contributed by atoms with Crippen LogP contribution in [0.15, 0.2) is 18.5 Å². The third-order valence-electron chi connectivity index (χ3n) is 1.42. The van der Waals surface area contributed by atoms with Crippen LogP contribution >= 0.6 is 10.7 Å². The fourth-order valence-corrected chi connectivity index (χ4v) is 1.86. The van der Waals surface area contributed by atoms with Gasteiger partial charge in [-0.05, 0) is 6.07 Å². The average Bonchev–Trinajstić information content (AvgIpc) is 2.02. The van der Waals surface area contributed by atoms with Crippen LogP contribution in [0.4, 0.5) is 0 Å². The van der Waals surface area contributed by atoms with Crippen molar-refractivity contribution in [3.8, 4) is 5.75 Å². The molecular formula is C7H8ClNO3S. The Hall–Kier alpha value is -0.810. The van der Waals surface area contributed by atoms with Gasteiger partial charge in [0, 0.05) is 22.4 Å². The molecule has 0 aliphatic rings. The van der Waals surface area contributed by atoms with E-state index in [9.17, 15) is 8.42 Å². The zero-order valence-electron chi connectivity index (χ0n) is 6.90. The molecule has 0 unspecified atom stereocenters. The molecule has 0 aliphatic heterocycles. The Morgan fingerprint density at radius 3 is 2.85 bits per heavy atom. The lowest BCUT2D eigenvalue weighted by Crippen LogP contribution is -1.98. The molecule has 1 rings (SSSR count). The summed E-state index contributed by atoms with van der Waals surface area (Å²) in [7, 11) is 2.99. The molecule has 6 heteroatoms. The van der Waals surface area contributed by atoms with Crippen LogP contribution in [-0.2, 0) is 14.8 Å². The van der Waals surface area contributed by atoms with Gasteiger partial charge in [0.25, 0.3) is 0 Å². The second-order valence-corrected chi connectivity index (χ2v) is 5.15. The molecule has 72 valence electrons. The highest BCUT2D eigenvalue weighted by Gasteiger charge is 2.11. The number of rotatable bonds is 3. The summed E-state index contributed by atoms with van der Waals surface area (Å²) in [6.07, 6.45) is 2.93. The summed E-state index contributed by atoms with van der Waals surface area (Å²) < 4.78 is 26.4. The van der Waals surface area contributed by atoms with Gasteiger partial charge in [-0.25, -0.2) is 8.42 Å². The lowest BCUT2D eigenvalue weighted by atomic mass is 10.3. The second kappa shape index (κ2) is 3.93. The molecular weight excluding hydrogens is 214 g/mol. The quantitative estimate of drug-likeness (QED) is 0.719. The molecule has 0 spiro atoms. The normalized spacial score (nSPS) is 11.2. The van der Waals surface area contributed by atoms with E-state index in [0.717, 1.165) is 0 Å². The van der Waals surface area contributed by atoms with Gasteiger partial charge in [0.1, 0.15) is 5.75 Å². The van der Waals surface area contributed by atoms with Crippen molar-refractivity contribution in [2.24, 2.45) is 0 Å². The number of pyridine rings is 1. The van der Waals surface area contributed by atoms with Crippen molar-refractivity contribution >= 4 is 19.7 Å². The van der Waals surface area contributed by atoms with Crippen molar-refractivity contribution in [3.05, 3.63) is 24.0 Å². The van der Waals surface area contributed by atoms with E-state index in [1.54, 1.807) is 6.07 Å². The Labute approximate surface area is 80.9 Å². The van der Waals surface area contributed by atoms with Crippen LogP contribution in [-0.4, -0.2) is 20.5 Å². The molecule has 4 nitrogen and oxygen atoms in total. The summed E-state index contributed by atoms with van der Waals surface area (Å²) in [5, 5.41) is 0. The fraction of sp³-hybridized carbons (Fsp3) is 0.286. The predicted octanol–water partition coefficient (Wildman–Crippen LogP) is 1.16. The molecule has 1 aromatic heterocycles. The molecule has 0 amide bonds. The molecule has 0 bridgehead atoms. The van der Waals surface area contributed by atoms with E-state index >= 15 is 0 Å². The minimum absolute atomic E-state index is 0.250. The number of hydrogen-bond acceptors (Lipinski definition) is 4. The van der Waals surface area contributed by atoms with Gasteiger partial charge < -0.3 is 4.74 Å². The van der Waals surface area contributed by atoms with E-state index in [1.807, 2.05) is 0 Å². The van der Waals surface area contributed by atoms with E-state index in [-0.39, 0.29) is 5.75 Å². The average molecular weight is 222 g/mol. The number of halogens is 1. The molecule has 13 heavy (non-hydrogen) atoms. The standard InChI is InChI=1S/C7H8ClNO3S/c1-12-7-4-9-3-2-6(7)5-13(8,10)11/h2-4H,5H2,1H3. The highest BCUT2D eigenvalue weighted by Crippen LogP contribution is 2.19. The monoisotopic (exact) mass is 221 g/mol. The van der Waals surface area contributed by atoms with Crippen molar-refractivity contribution in [2.75, 3.05) is 7.11 Å².